The number of ketones is 1. The van der Waals surface area contributed by atoms with Gasteiger partial charge in [-0.25, -0.2) is 4.79 Å². The van der Waals surface area contributed by atoms with Crippen molar-refractivity contribution < 1.29 is 28.5 Å². The van der Waals surface area contributed by atoms with Gasteiger partial charge in [0.25, 0.3) is 0 Å². The lowest BCUT2D eigenvalue weighted by molar-refractivity contribution is 0.0523. The highest BCUT2D eigenvalue weighted by Crippen LogP contribution is 2.37. The van der Waals surface area contributed by atoms with Gasteiger partial charge in [-0.05, 0) is 31.0 Å². The highest BCUT2D eigenvalue weighted by molar-refractivity contribution is 6.47. The Hall–Kier alpha value is -3.46. The number of hydrogen-bond donors (Lipinski definition) is 1. The van der Waals surface area contributed by atoms with Gasteiger partial charge < -0.3 is 18.9 Å². The summed E-state index contributed by atoms with van der Waals surface area (Å²) in [4.78, 5) is 29.3. The maximum Gasteiger partial charge on any atom is 0.526 e. The number of rotatable bonds is 6. The quantitative estimate of drug-likeness (QED) is 0.367. The Morgan fingerprint density at radius 3 is 2.81 bits per heavy atom. The van der Waals surface area contributed by atoms with Crippen molar-refractivity contribution in [3.05, 3.63) is 65.0 Å². The zero-order valence-corrected chi connectivity index (χ0v) is 17.2. The molecule has 158 valence electrons. The molecule has 1 aromatic heterocycles. The maximum atomic E-state index is 12.9. The molecule has 0 radical (unpaired) electrons. The summed E-state index contributed by atoms with van der Waals surface area (Å²) in [5.74, 6) is 0.0677. The Labute approximate surface area is 179 Å². The van der Waals surface area contributed by atoms with Crippen LogP contribution >= 0.6 is 0 Å². The molecule has 4 rings (SSSR count). The van der Waals surface area contributed by atoms with Gasteiger partial charge in [0.2, 0.25) is 11.7 Å². The SMILES string of the molecule is CCOC(=O)c1cccc2c1OB(O)[C@@H](CC(=O)c1cccc(-c3noc(C)n3)c1)C2. The van der Waals surface area contributed by atoms with Crippen molar-refractivity contribution in [2.75, 3.05) is 6.61 Å². The van der Waals surface area contributed by atoms with Crippen LogP contribution in [0.3, 0.4) is 0 Å². The van der Waals surface area contributed by atoms with Crippen molar-refractivity contribution >= 4 is 18.9 Å². The van der Waals surface area contributed by atoms with Gasteiger partial charge in [0.15, 0.2) is 5.78 Å². The normalized spacial score (nSPS) is 15.2. The fourth-order valence-electron chi connectivity index (χ4n) is 3.63. The van der Waals surface area contributed by atoms with Crippen molar-refractivity contribution in [2.45, 2.75) is 32.5 Å². The summed E-state index contributed by atoms with van der Waals surface area (Å²) in [5.41, 5.74) is 2.18. The standard InChI is InChI=1S/C22H21BN2O6/c1-3-29-22(27)18-9-5-7-15-11-17(23(28)30-20(15)18)12-19(26)14-6-4-8-16(10-14)21-24-13(2)31-25-21/h4-10,17,28H,3,11-12H2,1-2H3/t17-/m1/s1. The molecule has 1 aliphatic rings. The average Bonchev–Trinajstić information content (AvgIpc) is 3.20. The molecule has 0 unspecified atom stereocenters. The van der Waals surface area contributed by atoms with Crippen molar-refractivity contribution in [3.63, 3.8) is 0 Å². The molecule has 2 aromatic carbocycles. The molecule has 1 aliphatic heterocycles. The van der Waals surface area contributed by atoms with Crippen molar-refractivity contribution in [1.29, 1.82) is 0 Å². The second-order valence-electron chi connectivity index (χ2n) is 7.33. The lowest BCUT2D eigenvalue weighted by atomic mass is 9.64. The smallest absolute Gasteiger partial charge is 0.526 e. The lowest BCUT2D eigenvalue weighted by Crippen LogP contribution is -2.36. The average molecular weight is 420 g/mol. The monoisotopic (exact) mass is 420 g/mol. The summed E-state index contributed by atoms with van der Waals surface area (Å²) in [6, 6.07) is 12.1. The number of Topliss-reactive ketones (excluding diaryl/α,β-unsaturated/α-hetero) is 1. The molecule has 1 atom stereocenters. The van der Waals surface area contributed by atoms with Gasteiger partial charge in [0.1, 0.15) is 11.3 Å². The Bertz CT molecular complexity index is 1130. The van der Waals surface area contributed by atoms with Crippen LogP contribution in [0.5, 0.6) is 5.75 Å². The van der Waals surface area contributed by atoms with Gasteiger partial charge in [-0.3, -0.25) is 4.79 Å². The van der Waals surface area contributed by atoms with Crippen LogP contribution in [0.1, 0.15) is 45.5 Å². The minimum atomic E-state index is -1.21. The zero-order chi connectivity index (χ0) is 22.0. The summed E-state index contributed by atoms with van der Waals surface area (Å²) in [5, 5.41) is 14.4. The van der Waals surface area contributed by atoms with Crippen LogP contribution in [0.2, 0.25) is 5.82 Å². The summed E-state index contributed by atoms with van der Waals surface area (Å²) >= 11 is 0. The largest absolute Gasteiger partial charge is 0.535 e. The van der Waals surface area contributed by atoms with Gasteiger partial charge in [-0.15, -0.1) is 0 Å². The molecule has 8 nitrogen and oxygen atoms in total. The van der Waals surface area contributed by atoms with Gasteiger partial charge in [-0.2, -0.15) is 4.98 Å². The number of fused-ring (bicyclic) bond motifs is 1. The summed E-state index contributed by atoms with van der Waals surface area (Å²) in [6.45, 7) is 3.66. The second kappa shape index (κ2) is 8.73. The number of benzene rings is 2. The zero-order valence-electron chi connectivity index (χ0n) is 17.2. The first-order chi connectivity index (χ1) is 15.0. The molecular formula is C22H21BN2O6. The van der Waals surface area contributed by atoms with Crippen molar-refractivity contribution in [1.82, 2.24) is 10.1 Å². The molecule has 0 aliphatic carbocycles. The number of carbonyl (C=O) groups excluding carboxylic acids is 2. The van der Waals surface area contributed by atoms with Gasteiger partial charge in [0.05, 0.1) is 6.61 Å². The highest BCUT2D eigenvalue weighted by Gasteiger charge is 2.38. The van der Waals surface area contributed by atoms with Gasteiger partial charge >= 0.3 is 13.1 Å². The molecule has 31 heavy (non-hydrogen) atoms. The van der Waals surface area contributed by atoms with Gasteiger partial charge in [0, 0.05) is 30.3 Å². The van der Waals surface area contributed by atoms with E-state index in [2.05, 4.69) is 10.1 Å². The van der Waals surface area contributed by atoms with Crippen LogP contribution in [0.25, 0.3) is 11.4 Å². The third-order valence-electron chi connectivity index (χ3n) is 5.13. The third-order valence-corrected chi connectivity index (χ3v) is 5.13. The number of esters is 1. The van der Waals surface area contributed by atoms with Crippen molar-refractivity contribution in [2.24, 2.45) is 0 Å². The Kier molecular flexibility index (Phi) is 5.86. The fourth-order valence-corrected chi connectivity index (χ4v) is 3.63. The van der Waals surface area contributed by atoms with E-state index in [1.807, 2.05) is 6.07 Å². The van der Waals surface area contributed by atoms with Crippen LogP contribution in [0.15, 0.2) is 47.0 Å². The Morgan fingerprint density at radius 1 is 1.26 bits per heavy atom. The van der Waals surface area contributed by atoms with Crippen LogP contribution in [0, 0.1) is 6.92 Å². The molecule has 0 bridgehead atoms. The van der Waals surface area contributed by atoms with E-state index in [-0.39, 0.29) is 24.4 Å². The molecule has 0 fully saturated rings. The molecular weight excluding hydrogens is 399 g/mol. The van der Waals surface area contributed by atoms with Crippen LogP contribution in [0.4, 0.5) is 0 Å². The summed E-state index contributed by atoms with van der Waals surface area (Å²) in [6.07, 6.45) is 0.484. The number of hydrogen-bond acceptors (Lipinski definition) is 8. The number of ether oxygens (including phenoxy) is 1. The molecule has 0 spiro atoms. The predicted molar refractivity (Wildman–Crippen MR) is 112 cm³/mol. The van der Waals surface area contributed by atoms with Crippen LogP contribution < -0.4 is 4.65 Å². The molecule has 2 heterocycles. The summed E-state index contributed by atoms with van der Waals surface area (Å²) < 4.78 is 15.7. The predicted octanol–water partition coefficient (Wildman–Crippen LogP) is 3.28. The number of aromatic nitrogens is 2. The van der Waals surface area contributed by atoms with Crippen molar-refractivity contribution in [3.8, 4) is 17.1 Å². The third kappa shape index (κ3) is 4.36. The molecule has 0 saturated carbocycles. The molecule has 0 amide bonds. The molecule has 0 saturated heterocycles. The minimum Gasteiger partial charge on any atom is -0.535 e. The van der Waals surface area contributed by atoms with E-state index in [9.17, 15) is 14.6 Å². The van der Waals surface area contributed by atoms with E-state index in [0.717, 1.165) is 5.56 Å². The second-order valence-corrected chi connectivity index (χ2v) is 7.33. The van der Waals surface area contributed by atoms with E-state index in [1.54, 1.807) is 50.2 Å². The van der Waals surface area contributed by atoms with Crippen LogP contribution in [-0.4, -0.2) is 40.6 Å². The highest BCUT2D eigenvalue weighted by atomic mass is 16.5. The first kappa shape index (κ1) is 20.8. The lowest BCUT2D eigenvalue weighted by Gasteiger charge is -2.28. The molecule has 1 N–H and O–H groups in total. The van der Waals surface area contributed by atoms with Crippen LogP contribution in [-0.2, 0) is 11.2 Å². The topological polar surface area (TPSA) is 112 Å². The maximum absolute atomic E-state index is 12.9. The first-order valence-corrected chi connectivity index (χ1v) is 10.0. The summed E-state index contributed by atoms with van der Waals surface area (Å²) in [7, 11) is -1.21. The number of nitrogens with zero attached hydrogens (tertiary/aromatic N) is 2. The van der Waals surface area contributed by atoms with E-state index in [4.69, 9.17) is 13.9 Å². The van der Waals surface area contributed by atoms with E-state index < -0.39 is 18.9 Å². The van der Waals surface area contributed by atoms with Gasteiger partial charge in [-0.1, -0.05) is 35.5 Å². The number of carbonyl (C=O) groups is 2. The fraction of sp³-hybridized carbons (Fsp3) is 0.273. The molecule has 3 aromatic rings. The first-order valence-electron chi connectivity index (χ1n) is 10.0. The Balaban J connectivity index is 1.52. The van der Waals surface area contributed by atoms with E-state index in [0.29, 0.717) is 35.0 Å². The van der Waals surface area contributed by atoms with E-state index >= 15 is 0 Å². The number of para-hydroxylation sites is 1. The number of aryl methyl sites for hydroxylation is 1. The minimum absolute atomic E-state index is 0.0823. The Morgan fingerprint density at radius 2 is 2.06 bits per heavy atom. The van der Waals surface area contributed by atoms with E-state index in [1.165, 1.54) is 0 Å². The molecule has 9 heteroatoms.